The number of hydrogen-bond acceptors (Lipinski definition) is 2. The standard InChI is InChI=1S/C11H18N2O.ClH/c1-13(10-5-6-12-8-10)11(14)7-9-3-2-4-9;/h7,10,12H,2-6,8H2,1H3;1H. The number of likely N-dealkylation sites (N-methyl/N-ethyl adjacent to an activating group) is 1. The van der Waals surface area contributed by atoms with Gasteiger partial charge in [0.1, 0.15) is 0 Å². The van der Waals surface area contributed by atoms with Crippen molar-refractivity contribution in [3.05, 3.63) is 11.6 Å². The number of nitrogens with one attached hydrogen (secondary N) is 1. The molecule has 1 atom stereocenters. The molecular formula is C11H19ClN2O. The van der Waals surface area contributed by atoms with Crippen molar-refractivity contribution in [1.29, 1.82) is 0 Å². The Bertz CT molecular complexity index is 253. The number of rotatable bonds is 2. The summed E-state index contributed by atoms with van der Waals surface area (Å²) in [6, 6.07) is 0.402. The molecule has 1 amide bonds. The zero-order chi connectivity index (χ0) is 9.97. The summed E-state index contributed by atoms with van der Waals surface area (Å²) in [6.07, 6.45) is 6.44. The van der Waals surface area contributed by atoms with E-state index in [1.54, 1.807) is 0 Å². The zero-order valence-electron chi connectivity index (χ0n) is 9.16. The summed E-state index contributed by atoms with van der Waals surface area (Å²) in [5.74, 6) is 0.188. The molecule has 1 unspecified atom stereocenters. The Morgan fingerprint density at radius 1 is 1.53 bits per heavy atom. The Morgan fingerprint density at radius 2 is 2.27 bits per heavy atom. The minimum Gasteiger partial charge on any atom is -0.338 e. The van der Waals surface area contributed by atoms with E-state index < -0.39 is 0 Å². The lowest BCUT2D eigenvalue weighted by Crippen LogP contribution is -2.37. The summed E-state index contributed by atoms with van der Waals surface area (Å²) < 4.78 is 0. The van der Waals surface area contributed by atoms with Crippen molar-refractivity contribution in [2.24, 2.45) is 0 Å². The van der Waals surface area contributed by atoms with Crippen LogP contribution in [0.3, 0.4) is 0 Å². The first kappa shape index (κ1) is 12.5. The maximum absolute atomic E-state index is 11.8. The van der Waals surface area contributed by atoms with Crippen LogP contribution in [0.4, 0.5) is 0 Å². The van der Waals surface area contributed by atoms with Gasteiger partial charge in [-0.2, -0.15) is 0 Å². The fourth-order valence-electron chi connectivity index (χ4n) is 1.95. The molecule has 0 spiro atoms. The maximum atomic E-state index is 11.8. The highest BCUT2D eigenvalue weighted by Gasteiger charge is 2.22. The van der Waals surface area contributed by atoms with Gasteiger partial charge < -0.3 is 10.2 Å². The molecule has 4 heteroatoms. The predicted octanol–water partition coefficient (Wildman–Crippen LogP) is 1.34. The summed E-state index contributed by atoms with van der Waals surface area (Å²) in [6.45, 7) is 1.99. The number of nitrogens with zero attached hydrogens (tertiary/aromatic N) is 1. The highest BCUT2D eigenvalue weighted by atomic mass is 35.5. The third-order valence-corrected chi connectivity index (χ3v) is 3.25. The molecule has 0 aromatic rings. The summed E-state index contributed by atoms with van der Waals surface area (Å²) >= 11 is 0. The van der Waals surface area contributed by atoms with E-state index in [0.717, 1.165) is 32.4 Å². The van der Waals surface area contributed by atoms with Crippen LogP contribution in [0, 0.1) is 0 Å². The molecule has 86 valence electrons. The van der Waals surface area contributed by atoms with E-state index in [1.807, 2.05) is 18.0 Å². The van der Waals surface area contributed by atoms with E-state index in [-0.39, 0.29) is 18.3 Å². The molecule has 2 fully saturated rings. The van der Waals surface area contributed by atoms with Gasteiger partial charge in [-0.05, 0) is 32.2 Å². The summed E-state index contributed by atoms with van der Waals surface area (Å²) in [5.41, 5.74) is 1.33. The van der Waals surface area contributed by atoms with Crippen LogP contribution in [0.25, 0.3) is 0 Å². The predicted molar refractivity (Wildman–Crippen MR) is 63.2 cm³/mol. The number of hydrogen-bond donors (Lipinski definition) is 1. The topological polar surface area (TPSA) is 32.3 Å². The monoisotopic (exact) mass is 230 g/mol. The van der Waals surface area contributed by atoms with E-state index in [2.05, 4.69) is 5.32 Å². The molecular weight excluding hydrogens is 212 g/mol. The summed E-state index contributed by atoms with van der Waals surface area (Å²) in [7, 11) is 1.91. The first-order valence-corrected chi connectivity index (χ1v) is 5.44. The maximum Gasteiger partial charge on any atom is 0.246 e. The third kappa shape index (κ3) is 2.95. The van der Waals surface area contributed by atoms with Gasteiger partial charge >= 0.3 is 0 Å². The Balaban J connectivity index is 0.00000112. The van der Waals surface area contributed by atoms with Crippen LogP contribution >= 0.6 is 12.4 Å². The van der Waals surface area contributed by atoms with Crippen LogP contribution in [0.2, 0.25) is 0 Å². The van der Waals surface area contributed by atoms with Crippen LogP contribution in [-0.4, -0.2) is 37.0 Å². The molecule has 0 aromatic heterocycles. The van der Waals surface area contributed by atoms with E-state index >= 15 is 0 Å². The molecule has 15 heavy (non-hydrogen) atoms. The SMILES string of the molecule is CN(C(=O)C=C1CCC1)C1CCNC1.Cl. The number of carbonyl (C=O) groups excluding carboxylic acids is 1. The van der Waals surface area contributed by atoms with Crippen molar-refractivity contribution in [1.82, 2.24) is 10.2 Å². The number of allylic oxidation sites excluding steroid dienone is 1. The van der Waals surface area contributed by atoms with Crippen LogP contribution in [-0.2, 0) is 4.79 Å². The van der Waals surface area contributed by atoms with Gasteiger partial charge in [0.25, 0.3) is 0 Å². The summed E-state index contributed by atoms with van der Waals surface area (Å²) in [4.78, 5) is 13.6. The smallest absolute Gasteiger partial charge is 0.246 e. The first-order chi connectivity index (χ1) is 6.77. The zero-order valence-corrected chi connectivity index (χ0v) is 9.98. The van der Waals surface area contributed by atoms with Gasteiger partial charge in [0.2, 0.25) is 5.91 Å². The van der Waals surface area contributed by atoms with Crippen molar-refractivity contribution < 1.29 is 4.79 Å². The van der Waals surface area contributed by atoms with E-state index in [0.29, 0.717) is 6.04 Å². The normalized spacial score (nSPS) is 24.1. The number of halogens is 1. The quantitative estimate of drug-likeness (QED) is 0.727. The minimum atomic E-state index is 0. The first-order valence-electron chi connectivity index (χ1n) is 5.44. The van der Waals surface area contributed by atoms with Crippen molar-refractivity contribution in [3.8, 4) is 0 Å². The Morgan fingerprint density at radius 3 is 2.73 bits per heavy atom. The van der Waals surface area contributed by atoms with Gasteiger partial charge in [0.15, 0.2) is 0 Å². The largest absolute Gasteiger partial charge is 0.338 e. The van der Waals surface area contributed by atoms with Crippen molar-refractivity contribution in [3.63, 3.8) is 0 Å². The fourth-order valence-corrected chi connectivity index (χ4v) is 1.95. The highest BCUT2D eigenvalue weighted by molar-refractivity contribution is 5.88. The van der Waals surface area contributed by atoms with Crippen molar-refractivity contribution in [2.45, 2.75) is 31.7 Å². The van der Waals surface area contributed by atoms with Gasteiger partial charge in [-0.25, -0.2) is 0 Å². The summed E-state index contributed by atoms with van der Waals surface area (Å²) in [5, 5.41) is 3.27. The van der Waals surface area contributed by atoms with Gasteiger partial charge in [0.05, 0.1) is 0 Å². The second-order valence-electron chi connectivity index (χ2n) is 4.25. The highest BCUT2D eigenvalue weighted by Crippen LogP contribution is 2.25. The molecule has 1 saturated carbocycles. The average Bonchev–Trinajstić information content (AvgIpc) is 2.62. The lowest BCUT2D eigenvalue weighted by Gasteiger charge is -2.24. The third-order valence-electron chi connectivity index (χ3n) is 3.25. The average molecular weight is 231 g/mol. The molecule has 3 nitrogen and oxygen atoms in total. The van der Waals surface area contributed by atoms with Crippen molar-refractivity contribution in [2.75, 3.05) is 20.1 Å². The Labute approximate surface area is 97.3 Å². The lowest BCUT2D eigenvalue weighted by atomic mass is 9.92. The van der Waals surface area contributed by atoms with Gasteiger partial charge in [0, 0.05) is 25.7 Å². The molecule has 2 aliphatic rings. The molecule has 1 heterocycles. The molecule has 1 aliphatic carbocycles. The fraction of sp³-hybridized carbons (Fsp3) is 0.727. The molecule has 0 radical (unpaired) electrons. The molecule has 2 rings (SSSR count). The van der Waals surface area contributed by atoms with Crippen molar-refractivity contribution >= 4 is 18.3 Å². The second kappa shape index (κ2) is 5.52. The molecule has 1 N–H and O–H groups in total. The van der Waals surface area contributed by atoms with Crippen LogP contribution in [0.1, 0.15) is 25.7 Å². The number of amides is 1. The lowest BCUT2D eigenvalue weighted by molar-refractivity contribution is -0.126. The molecule has 0 aromatic carbocycles. The molecule has 0 bridgehead atoms. The van der Waals surface area contributed by atoms with E-state index in [9.17, 15) is 4.79 Å². The molecule has 1 aliphatic heterocycles. The Hall–Kier alpha value is -0.540. The van der Waals surface area contributed by atoms with Gasteiger partial charge in [-0.15, -0.1) is 12.4 Å². The number of carbonyl (C=O) groups is 1. The van der Waals surface area contributed by atoms with Crippen LogP contribution < -0.4 is 5.32 Å². The van der Waals surface area contributed by atoms with E-state index in [4.69, 9.17) is 0 Å². The molecule has 1 saturated heterocycles. The Kier molecular flexibility index (Phi) is 4.61. The second-order valence-corrected chi connectivity index (χ2v) is 4.25. The minimum absolute atomic E-state index is 0. The van der Waals surface area contributed by atoms with Gasteiger partial charge in [-0.1, -0.05) is 5.57 Å². The van der Waals surface area contributed by atoms with Crippen LogP contribution in [0.5, 0.6) is 0 Å². The van der Waals surface area contributed by atoms with Gasteiger partial charge in [-0.3, -0.25) is 4.79 Å². The van der Waals surface area contributed by atoms with Crippen LogP contribution in [0.15, 0.2) is 11.6 Å². The van der Waals surface area contributed by atoms with E-state index in [1.165, 1.54) is 12.0 Å².